The second-order valence-corrected chi connectivity index (χ2v) is 4.58. The number of nitrogens with one attached hydrogen (secondary N) is 2. The zero-order valence-corrected chi connectivity index (χ0v) is 8.60. The molecular formula is C10H21N3. The SMILES string of the molecule is CC1(NCCN2CCNCC2)CC1. The molecule has 0 bridgehead atoms. The van der Waals surface area contributed by atoms with Crippen molar-refractivity contribution in [3.8, 4) is 0 Å². The van der Waals surface area contributed by atoms with Crippen LogP contribution >= 0.6 is 0 Å². The molecule has 0 aromatic heterocycles. The molecule has 0 radical (unpaired) electrons. The van der Waals surface area contributed by atoms with E-state index >= 15 is 0 Å². The van der Waals surface area contributed by atoms with Gasteiger partial charge in [-0.15, -0.1) is 0 Å². The molecule has 1 aliphatic heterocycles. The first kappa shape index (κ1) is 9.44. The van der Waals surface area contributed by atoms with Crippen molar-refractivity contribution in [3.05, 3.63) is 0 Å². The van der Waals surface area contributed by atoms with Crippen molar-refractivity contribution in [3.63, 3.8) is 0 Å². The van der Waals surface area contributed by atoms with Crippen LogP contribution in [-0.2, 0) is 0 Å². The monoisotopic (exact) mass is 183 g/mol. The Morgan fingerprint density at radius 2 is 2.00 bits per heavy atom. The van der Waals surface area contributed by atoms with Crippen LogP contribution < -0.4 is 10.6 Å². The van der Waals surface area contributed by atoms with Crippen molar-refractivity contribution in [2.24, 2.45) is 0 Å². The molecule has 0 aromatic carbocycles. The predicted octanol–water partition coefficient (Wildman–Crippen LogP) is 0.0337. The van der Waals surface area contributed by atoms with Gasteiger partial charge in [-0.05, 0) is 19.8 Å². The van der Waals surface area contributed by atoms with Crippen molar-refractivity contribution in [2.45, 2.75) is 25.3 Å². The van der Waals surface area contributed by atoms with Gasteiger partial charge in [0.05, 0.1) is 0 Å². The molecule has 0 aromatic rings. The first-order chi connectivity index (χ1) is 6.29. The molecule has 76 valence electrons. The Morgan fingerprint density at radius 3 is 2.62 bits per heavy atom. The van der Waals surface area contributed by atoms with Gasteiger partial charge in [0, 0.05) is 44.8 Å². The Bertz CT molecular complexity index is 160. The molecular weight excluding hydrogens is 162 g/mol. The van der Waals surface area contributed by atoms with Gasteiger partial charge in [-0.25, -0.2) is 0 Å². The zero-order valence-electron chi connectivity index (χ0n) is 8.60. The molecule has 0 unspecified atom stereocenters. The summed E-state index contributed by atoms with van der Waals surface area (Å²) >= 11 is 0. The summed E-state index contributed by atoms with van der Waals surface area (Å²) in [6.07, 6.45) is 2.74. The average molecular weight is 183 g/mol. The summed E-state index contributed by atoms with van der Waals surface area (Å²) in [6.45, 7) is 9.48. The van der Waals surface area contributed by atoms with Gasteiger partial charge < -0.3 is 10.6 Å². The number of nitrogens with zero attached hydrogens (tertiary/aromatic N) is 1. The minimum absolute atomic E-state index is 0.508. The molecule has 3 nitrogen and oxygen atoms in total. The van der Waals surface area contributed by atoms with Crippen LogP contribution in [0.4, 0.5) is 0 Å². The molecule has 0 spiro atoms. The molecule has 13 heavy (non-hydrogen) atoms. The third-order valence-corrected chi connectivity index (χ3v) is 3.19. The summed E-state index contributed by atoms with van der Waals surface area (Å²) in [4.78, 5) is 2.54. The van der Waals surface area contributed by atoms with Crippen molar-refractivity contribution in [1.29, 1.82) is 0 Å². The lowest BCUT2D eigenvalue weighted by Gasteiger charge is -2.27. The van der Waals surface area contributed by atoms with Crippen LogP contribution in [-0.4, -0.2) is 49.7 Å². The Morgan fingerprint density at radius 1 is 1.31 bits per heavy atom. The summed E-state index contributed by atoms with van der Waals surface area (Å²) in [5.41, 5.74) is 0.508. The molecule has 1 saturated carbocycles. The highest BCUT2D eigenvalue weighted by atomic mass is 15.2. The van der Waals surface area contributed by atoms with Gasteiger partial charge in [0.1, 0.15) is 0 Å². The summed E-state index contributed by atoms with van der Waals surface area (Å²) < 4.78 is 0. The van der Waals surface area contributed by atoms with Gasteiger partial charge in [0.15, 0.2) is 0 Å². The fourth-order valence-corrected chi connectivity index (χ4v) is 1.81. The lowest BCUT2D eigenvalue weighted by molar-refractivity contribution is 0.237. The van der Waals surface area contributed by atoms with E-state index in [4.69, 9.17) is 0 Å². The Balaban J connectivity index is 1.56. The van der Waals surface area contributed by atoms with E-state index in [0.29, 0.717) is 5.54 Å². The summed E-state index contributed by atoms with van der Waals surface area (Å²) in [5, 5.41) is 6.99. The minimum Gasteiger partial charge on any atom is -0.314 e. The molecule has 1 saturated heterocycles. The highest BCUT2D eigenvalue weighted by molar-refractivity contribution is 4.97. The van der Waals surface area contributed by atoms with Gasteiger partial charge in [0.25, 0.3) is 0 Å². The lowest BCUT2D eigenvalue weighted by Crippen LogP contribution is -2.46. The molecule has 2 N–H and O–H groups in total. The predicted molar refractivity (Wildman–Crippen MR) is 55.0 cm³/mol. The van der Waals surface area contributed by atoms with Crippen molar-refractivity contribution >= 4 is 0 Å². The van der Waals surface area contributed by atoms with Crippen LogP contribution in [0.2, 0.25) is 0 Å². The normalized spacial score (nSPS) is 27.5. The van der Waals surface area contributed by atoms with Crippen molar-refractivity contribution in [1.82, 2.24) is 15.5 Å². The molecule has 2 rings (SSSR count). The number of piperazine rings is 1. The van der Waals surface area contributed by atoms with E-state index < -0.39 is 0 Å². The van der Waals surface area contributed by atoms with Crippen LogP contribution in [0.1, 0.15) is 19.8 Å². The first-order valence-corrected chi connectivity index (χ1v) is 5.47. The number of rotatable bonds is 4. The third-order valence-electron chi connectivity index (χ3n) is 3.19. The van der Waals surface area contributed by atoms with E-state index in [1.807, 2.05) is 0 Å². The lowest BCUT2D eigenvalue weighted by atomic mass is 10.3. The largest absolute Gasteiger partial charge is 0.314 e. The van der Waals surface area contributed by atoms with Crippen molar-refractivity contribution in [2.75, 3.05) is 39.3 Å². The Kier molecular flexibility index (Phi) is 2.86. The van der Waals surface area contributed by atoms with Gasteiger partial charge in [0.2, 0.25) is 0 Å². The summed E-state index contributed by atoms with van der Waals surface area (Å²) in [5.74, 6) is 0. The summed E-state index contributed by atoms with van der Waals surface area (Å²) in [7, 11) is 0. The second-order valence-electron chi connectivity index (χ2n) is 4.58. The van der Waals surface area contributed by atoms with E-state index in [-0.39, 0.29) is 0 Å². The van der Waals surface area contributed by atoms with Crippen LogP contribution in [0.3, 0.4) is 0 Å². The quantitative estimate of drug-likeness (QED) is 0.644. The maximum absolute atomic E-state index is 3.62. The van der Waals surface area contributed by atoms with Gasteiger partial charge in [-0.2, -0.15) is 0 Å². The van der Waals surface area contributed by atoms with Gasteiger partial charge in [-0.1, -0.05) is 0 Å². The molecule has 2 aliphatic rings. The van der Waals surface area contributed by atoms with E-state index in [9.17, 15) is 0 Å². The maximum atomic E-state index is 3.62. The molecule has 1 heterocycles. The Labute approximate surface area is 80.9 Å². The van der Waals surface area contributed by atoms with Crippen LogP contribution in [0.25, 0.3) is 0 Å². The standard InChI is InChI=1S/C10H21N3/c1-10(2-3-10)12-6-9-13-7-4-11-5-8-13/h11-12H,2-9H2,1H3. The van der Waals surface area contributed by atoms with E-state index in [2.05, 4.69) is 22.5 Å². The highest BCUT2D eigenvalue weighted by Gasteiger charge is 2.36. The average Bonchev–Trinajstić information content (AvgIpc) is 2.86. The van der Waals surface area contributed by atoms with Crippen LogP contribution in [0, 0.1) is 0 Å². The number of hydrogen-bond acceptors (Lipinski definition) is 3. The smallest absolute Gasteiger partial charge is 0.0155 e. The zero-order chi connectivity index (χ0) is 9.15. The second kappa shape index (κ2) is 3.95. The maximum Gasteiger partial charge on any atom is 0.0155 e. The molecule has 0 atom stereocenters. The fourth-order valence-electron chi connectivity index (χ4n) is 1.81. The topological polar surface area (TPSA) is 27.3 Å². The molecule has 3 heteroatoms. The molecule has 1 aliphatic carbocycles. The van der Waals surface area contributed by atoms with Crippen LogP contribution in [0.15, 0.2) is 0 Å². The Hall–Kier alpha value is -0.120. The molecule has 2 fully saturated rings. The minimum atomic E-state index is 0.508. The first-order valence-electron chi connectivity index (χ1n) is 5.47. The van der Waals surface area contributed by atoms with Crippen LogP contribution in [0.5, 0.6) is 0 Å². The highest BCUT2D eigenvalue weighted by Crippen LogP contribution is 2.33. The van der Waals surface area contributed by atoms with Gasteiger partial charge in [-0.3, -0.25) is 4.90 Å². The van der Waals surface area contributed by atoms with Gasteiger partial charge >= 0.3 is 0 Å². The van der Waals surface area contributed by atoms with E-state index in [1.54, 1.807) is 0 Å². The van der Waals surface area contributed by atoms with E-state index in [1.165, 1.54) is 32.5 Å². The molecule has 0 amide bonds. The van der Waals surface area contributed by atoms with E-state index in [0.717, 1.165) is 19.6 Å². The van der Waals surface area contributed by atoms with Crippen molar-refractivity contribution < 1.29 is 0 Å². The number of hydrogen-bond donors (Lipinski definition) is 2. The summed E-state index contributed by atoms with van der Waals surface area (Å²) in [6, 6.07) is 0. The third kappa shape index (κ3) is 2.93. The fraction of sp³-hybridized carbons (Fsp3) is 1.00.